The van der Waals surface area contributed by atoms with E-state index >= 15 is 0 Å². The topological polar surface area (TPSA) is 94.5 Å². The zero-order valence-electron chi connectivity index (χ0n) is 8.91. The van der Waals surface area contributed by atoms with E-state index in [1.807, 2.05) is 19.3 Å². The van der Waals surface area contributed by atoms with Crippen molar-refractivity contribution < 1.29 is 0 Å². The molecular formula is C9H13N7. The molecule has 7 heteroatoms. The van der Waals surface area contributed by atoms with E-state index in [1.165, 1.54) is 0 Å². The highest BCUT2D eigenvalue weighted by atomic mass is 15.4. The van der Waals surface area contributed by atoms with Crippen LogP contribution >= 0.6 is 0 Å². The first-order valence-electron chi connectivity index (χ1n) is 4.87. The molecule has 2 rings (SSSR count). The molecule has 0 radical (unpaired) electrons. The molecule has 16 heavy (non-hydrogen) atoms. The predicted molar refractivity (Wildman–Crippen MR) is 56.8 cm³/mol. The third kappa shape index (κ3) is 2.38. The monoisotopic (exact) mass is 219 g/mol. The van der Waals surface area contributed by atoms with Crippen molar-refractivity contribution in [1.82, 2.24) is 30.6 Å². The average Bonchev–Trinajstić information content (AvgIpc) is 2.73. The summed E-state index contributed by atoms with van der Waals surface area (Å²) in [5.74, 6) is 5.51. The van der Waals surface area contributed by atoms with E-state index in [0.29, 0.717) is 6.42 Å². The fraction of sp³-hybridized carbons (Fsp3) is 0.333. The summed E-state index contributed by atoms with van der Waals surface area (Å²) in [6, 6.07) is 1.83. The molecule has 0 bridgehead atoms. The maximum Gasteiger partial charge on any atom is 0.0846 e. The lowest BCUT2D eigenvalue weighted by Gasteiger charge is -2.13. The molecule has 3 N–H and O–H groups in total. The fourth-order valence-electron chi connectivity index (χ4n) is 1.48. The van der Waals surface area contributed by atoms with E-state index in [9.17, 15) is 0 Å². The van der Waals surface area contributed by atoms with Crippen molar-refractivity contribution in [3.05, 3.63) is 35.9 Å². The Hall–Kier alpha value is -1.86. The quantitative estimate of drug-likeness (QED) is 0.524. The van der Waals surface area contributed by atoms with E-state index in [2.05, 4.69) is 25.9 Å². The number of nitrogens with zero attached hydrogens (tertiary/aromatic N) is 5. The summed E-state index contributed by atoms with van der Waals surface area (Å²) in [6.45, 7) is 0. The molecular weight excluding hydrogens is 206 g/mol. The third-order valence-electron chi connectivity index (χ3n) is 2.27. The summed E-state index contributed by atoms with van der Waals surface area (Å²) in [7, 11) is 1.83. The molecule has 0 saturated heterocycles. The van der Waals surface area contributed by atoms with Crippen LogP contribution in [0.3, 0.4) is 0 Å². The van der Waals surface area contributed by atoms with Gasteiger partial charge in [0.15, 0.2) is 0 Å². The SMILES string of the molecule is Cn1cc(CC(NN)c2ccnnc2)nn1. The minimum absolute atomic E-state index is 0.0350. The van der Waals surface area contributed by atoms with Crippen molar-refractivity contribution >= 4 is 0 Å². The second-order valence-electron chi connectivity index (χ2n) is 3.48. The zero-order valence-corrected chi connectivity index (χ0v) is 8.91. The highest BCUT2D eigenvalue weighted by molar-refractivity contribution is 5.14. The van der Waals surface area contributed by atoms with Crippen LogP contribution in [0, 0.1) is 0 Å². The molecule has 0 fully saturated rings. The summed E-state index contributed by atoms with van der Waals surface area (Å²) >= 11 is 0. The first-order valence-corrected chi connectivity index (χ1v) is 4.87. The smallest absolute Gasteiger partial charge is 0.0846 e. The van der Waals surface area contributed by atoms with Crippen molar-refractivity contribution in [2.24, 2.45) is 12.9 Å². The Bertz CT molecular complexity index is 438. The molecule has 0 aromatic carbocycles. The van der Waals surface area contributed by atoms with Gasteiger partial charge in [0.2, 0.25) is 0 Å². The predicted octanol–water partition coefficient (Wildman–Crippen LogP) is -0.648. The van der Waals surface area contributed by atoms with E-state index in [1.54, 1.807) is 17.1 Å². The van der Waals surface area contributed by atoms with Crippen LogP contribution in [0.15, 0.2) is 24.7 Å². The number of aromatic nitrogens is 5. The first-order chi connectivity index (χ1) is 7.79. The molecule has 1 unspecified atom stereocenters. The van der Waals surface area contributed by atoms with Crippen LogP contribution in [0.1, 0.15) is 17.3 Å². The van der Waals surface area contributed by atoms with Crippen LogP contribution in [0.25, 0.3) is 0 Å². The lowest BCUT2D eigenvalue weighted by atomic mass is 10.1. The van der Waals surface area contributed by atoms with Crippen LogP contribution in [-0.2, 0) is 13.5 Å². The number of hydrogen-bond acceptors (Lipinski definition) is 6. The number of nitrogens with one attached hydrogen (secondary N) is 1. The van der Waals surface area contributed by atoms with E-state index in [4.69, 9.17) is 5.84 Å². The largest absolute Gasteiger partial charge is 0.271 e. The van der Waals surface area contributed by atoms with Crippen molar-refractivity contribution in [2.75, 3.05) is 0 Å². The van der Waals surface area contributed by atoms with Crippen LogP contribution in [0.4, 0.5) is 0 Å². The Labute approximate surface area is 92.6 Å². The van der Waals surface area contributed by atoms with Gasteiger partial charge in [-0.15, -0.1) is 5.10 Å². The van der Waals surface area contributed by atoms with Gasteiger partial charge in [0.05, 0.1) is 17.9 Å². The highest BCUT2D eigenvalue weighted by Crippen LogP contribution is 2.14. The zero-order chi connectivity index (χ0) is 11.4. The van der Waals surface area contributed by atoms with E-state index < -0.39 is 0 Å². The maximum absolute atomic E-state index is 5.51. The van der Waals surface area contributed by atoms with Gasteiger partial charge in [-0.1, -0.05) is 5.21 Å². The molecule has 7 nitrogen and oxygen atoms in total. The molecule has 0 saturated carbocycles. The highest BCUT2D eigenvalue weighted by Gasteiger charge is 2.12. The minimum Gasteiger partial charge on any atom is -0.271 e. The molecule has 0 amide bonds. The van der Waals surface area contributed by atoms with E-state index in [-0.39, 0.29) is 6.04 Å². The summed E-state index contributed by atoms with van der Waals surface area (Å²) in [4.78, 5) is 0. The molecule has 1 atom stereocenters. The Balaban J connectivity index is 2.12. The lowest BCUT2D eigenvalue weighted by Crippen LogP contribution is -2.29. The van der Waals surface area contributed by atoms with Gasteiger partial charge in [-0.3, -0.25) is 16.0 Å². The van der Waals surface area contributed by atoms with Gasteiger partial charge in [-0.2, -0.15) is 10.2 Å². The molecule has 2 heterocycles. The molecule has 0 aliphatic rings. The fourth-order valence-corrected chi connectivity index (χ4v) is 1.48. The number of hydrazine groups is 1. The van der Waals surface area contributed by atoms with Gasteiger partial charge in [0.1, 0.15) is 0 Å². The van der Waals surface area contributed by atoms with Gasteiger partial charge in [0.25, 0.3) is 0 Å². The van der Waals surface area contributed by atoms with Gasteiger partial charge < -0.3 is 0 Å². The Morgan fingerprint density at radius 2 is 2.38 bits per heavy atom. The number of hydrogen-bond donors (Lipinski definition) is 2. The summed E-state index contributed by atoms with van der Waals surface area (Å²) in [5, 5.41) is 15.4. The Morgan fingerprint density at radius 1 is 1.50 bits per heavy atom. The molecule has 0 spiro atoms. The van der Waals surface area contributed by atoms with Gasteiger partial charge in [-0.05, 0) is 11.6 Å². The first kappa shape index (κ1) is 10.7. The minimum atomic E-state index is -0.0350. The van der Waals surface area contributed by atoms with Crippen LogP contribution in [0.2, 0.25) is 0 Å². The third-order valence-corrected chi connectivity index (χ3v) is 2.27. The van der Waals surface area contributed by atoms with Crippen LogP contribution in [-0.4, -0.2) is 25.2 Å². The van der Waals surface area contributed by atoms with Crippen molar-refractivity contribution in [3.63, 3.8) is 0 Å². The number of aryl methyl sites for hydroxylation is 1. The van der Waals surface area contributed by atoms with E-state index in [0.717, 1.165) is 11.3 Å². The second-order valence-corrected chi connectivity index (χ2v) is 3.48. The molecule has 2 aromatic heterocycles. The van der Waals surface area contributed by atoms with Crippen molar-refractivity contribution in [1.29, 1.82) is 0 Å². The average molecular weight is 219 g/mol. The van der Waals surface area contributed by atoms with Gasteiger partial charge in [0, 0.05) is 25.9 Å². The number of rotatable bonds is 4. The maximum atomic E-state index is 5.51. The number of nitrogens with two attached hydrogens (primary N) is 1. The van der Waals surface area contributed by atoms with Crippen LogP contribution in [0.5, 0.6) is 0 Å². The standard InChI is InChI=1S/C9H13N7/c1-16-6-8(14-15-16)4-9(13-10)7-2-3-11-12-5-7/h2-3,5-6,9,13H,4,10H2,1H3. The normalized spacial score (nSPS) is 12.6. The molecule has 84 valence electrons. The van der Waals surface area contributed by atoms with Crippen molar-refractivity contribution in [3.8, 4) is 0 Å². The Kier molecular flexibility index (Phi) is 3.18. The molecule has 2 aromatic rings. The van der Waals surface area contributed by atoms with Crippen LogP contribution < -0.4 is 11.3 Å². The summed E-state index contributed by atoms with van der Waals surface area (Å²) < 4.78 is 1.66. The molecule has 0 aliphatic carbocycles. The summed E-state index contributed by atoms with van der Waals surface area (Å²) in [6.07, 6.45) is 5.84. The van der Waals surface area contributed by atoms with Gasteiger partial charge >= 0.3 is 0 Å². The summed E-state index contributed by atoms with van der Waals surface area (Å²) in [5.41, 5.74) is 4.58. The second kappa shape index (κ2) is 4.77. The van der Waals surface area contributed by atoms with Gasteiger partial charge in [-0.25, -0.2) is 0 Å². The molecule has 0 aliphatic heterocycles. The lowest BCUT2D eigenvalue weighted by molar-refractivity contribution is 0.542. The van der Waals surface area contributed by atoms with Crippen molar-refractivity contribution in [2.45, 2.75) is 12.5 Å². The Morgan fingerprint density at radius 3 is 2.94 bits per heavy atom.